The van der Waals surface area contributed by atoms with Crippen molar-refractivity contribution in [3.05, 3.63) is 53.0 Å². The summed E-state index contributed by atoms with van der Waals surface area (Å²) in [7, 11) is 0. The second-order valence-corrected chi connectivity index (χ2v) is 4.35. The van der Waals surface area contributed by atoms with Gasteiger partial charge in [-0.05, 0) is 33.0 Å². The molecule has 0 atom stereocenters. The van der Waals surface area contributed by atoms with E-state index in [9.17, 15) is 0 Å². The van der Waals surface area contributed by atoms with Crippen molar-refractivity contribution in [1.29, 1.82) is 0 Å². The maximum atomic E-state index is 3.48. The molecule has 0 fully saturated rings. The van der Waals surface area contributed by atoms with E-state index in [-0.39, 0.29) is 0 Å². The molecule has 0 aliphatic carbocycles. The summed E-state index contributed by atoms with van der Waals surface area (Å²) in [5.41, 5.74) is 2.50. The molecule has 2 rings (SSSR count). The lowest BCUT2D eigenvalue weighted by molar-refractivity contribution is 1.63. The Labute approximate surface area is 106 Å². The van der Waals surface area contributed by atoms with Gasteiger partial charge in [-0.25, -0.2) is 0 Å². The maximum absolute atomic E-state index is 3.48. The molecule has 2 aromatic carbocycles. The maximum Gasteiger partial charge on any atom is 0.0294 e. The third-order valence-electron chi connectivity index (χ3n) is 2.40. The Kier molecular flexibility index (Phi) is 3.60. The highest BCUT2D eigenvalue weighted by Gasteiger charge is 2.00. The van der Waals surface area contributed by atoms with Gasteiger partial charge in [0.1, 0.15) is 0 Å². The van der Waals surface area contributed by atoms with Gasteiger partial charge < -0.3 is 0 Å². The Morgan fingerprint density at radius 3 is 2.47 bits per heavy atom. The molecular weight excluding hydrogens is 316 g/mol. The van der Waals surface area contributed by atoms with Gasteiger partial charge in [0.2, 0.25) is 0 Å². The van der Waals surface area contributed by atoms with Gasteiger partial charge in [0.15, 0.2) is 0 Å². The first-order valence-corrected chi connectivity index (χ1v) is 6.73. The molecule has 0 aliphatic heterocycles. The molecule has 0 saturated carbocycles. The molecule has 0 aromatic heterocycles. The average molecular weight is 326 g/mol. The highest BCUT2D eigenvalue weighted by molar-refractivity contribution is 9.11. The molecule has 0 heterocycles. The van der Waals surface area contributed by atoms with Crippen molar-refractivity contribution in [1.82, 2.24) is 0 Å². The Balaban J connectivity index is 2.56. The van der Waals surface area contributed by atoms with Crippen LogP contribution in [0.2, 0.25) is 0 Å². The minimum Gasteiger partial charge on any atom is -0.0876 e. The zero-order valence-electron chi connectivity index (χ0n) is 8.08. The summed E-state index contributed by atoms with van der Waals surface area (Å²) in [6.45, 7) is 0. The van der Waals surface area contributed by atoms with E-state index in [1.54, 1.807) is 0 Å². The van der Waals surface area contributed by atoms with Gasteiger partial charge in [0, 0.05) is 5.33 Å². The van der Waals surface area contributed by atoms with Crippen LogP contribution in [0.3, 0.4) is 0 Å². The molecule has 76 valence electrons. The third kappa shape index (κ3) is 2.32. The topological polar surface area (TPSA) is 0 Å². The Hall–Kier alpha value is -0.600. The first-order chi connectivity index (χ1) is 7.35. The molecule has 0 spiro atoms. The predicted molar refractivity (Wildman–Crippen MR) is 74.6 cm³/mol. The SMILES string of the molecule is Br/C=C(\CBr)c1ccc2ccccc2c1. The number of hydrogen-bond donors (Lipinski definition) is 0. The van der Waals surface area contributed by atoms with Gasteiger partial charge in [-0.3, -0.25) is 0 Å². The van der Waals surface area contributed by atoms with Crippen LogP contribution < -0.4 is 0 Å². The van der Waals surface area contributed by atoms with E-state index >= 15 is 0 Å². The zero-order chi connectivity index (χ0) is 10.7. The Morgan fingerprint density at radius 1 is 1.07 bits per heavy atom. The quantitative estimate of drug-likeness (QED) is 0.684. The van der Waals surface area contributed by atoms with Crippen molar-refractivity contribution in [2.75, 3.05) is 5.33 Å². The van der Waals surface area contributed by atoms with Crippen molar-refractivity contribution < 1.29 is 0 Å². The number of hydrogen-bond acceptors (Lipinski definition) is 0. The standard InChI is InChI=1S/C13H10Br2/c14-8-13(9-15)12-6-5-10-3-1-2-4-11(10)7-12/h1-8H,9H2/b13-8+. The summed E-state index contributed by atoms with van der Waals surface area (Å²) in [5.74, 6) is 0. The molecule has 2 heteroatoms. The number of allylic oxidation sites excluding steroid dienone is 1. The molecule has 0 nitrogen and oxygen atoms in total. The van der Waals surface area contributed by atoms with Crippen LogP contribution in [0, 0.1) is 0 Å². The van der Waals surface area contributed by atoms with Crippen LogP contribution in [0.5, 0.6) is 0 Å². The number of benzene rings is 2. The van der Waals surface area contributed by atoms with E-state index in [4.69, 9.17) is 0 Å². The molecule has 0 amide bonds. The molecule has 0 bridgehead atoms. The highest BCUT2D eigenvalue weighted by Crippen LogP contribution is 2.23. The van der Waals surface area contributed by atoms with Crippen molar-refractivity contribution in [2.24, 2.45) is 0 Å². The van der Waals surface area contributed by atoms with Crippen LogP contribution in [0.4, 0.5) is 0 Å². The van der Waals surface area contributed by atoms with Crippen LogP contribution in [0.25, 0.3) is 16.3 Å². The van der Waals surface area contributed by atoms with Crippen LogP contribution >= 0.6 is 31.9 Å². The fraction of sp³-hybridized carbons (Fsp3) is 0.0769. The number of fused-ring (bicyclic) bond motifs is 1. The summed E-state index contributed by atoms with van der Waals surface area (Å²) in [6.07, 6.45) is 0. The van der Waals surface area contributed by atoms with E-state index in [0.29, 0.717) is 0 Å². The molecular formula is C13H10Br2. The van der Waals surface area contributed by atoms with Gasteiger partial charge in [-0.15, -0.1) is 0 Å². The van der Waals surface area contributed by atoms with Crippen LogP contribution in [-0.2, 0) is 0 Å². The summed E-state index contributed by atoms with van der Waals surface area (Å²) < 4.78 is 0. The van der Waals surface area contributed by atoms with E-state index < -0.39 is 0 Å². The molecule has 0 radical (unpaired) electrons. The molecule has 15 heavy (non-hydrogen) atoms. The largest absolute Gasteiger partial charge is 0.0876 e. The highest BCUT2D eigenvalue weighted by atomic mass is 79.9. The summed E-state index contributed by atoms with van der Waals surface area (Å²) in [4.78, 5) is 1.96. The Bertz CT molecular complexity index is 501. The van der Waals surface area contributed by atoms with Crippen LogP contribution in [0.15, 0.2) is 47.4 Å². The smallest absolute Gasteiger partial charge is 0.0294 e. The molecule has 0 N–H and O–H groups in total. The second kappa shape index (κ2) is 4.95. The monoisotopic (exact) mass is 324 g/mol. The third-order valence-corrected chi connectivity index (χ3v) is 3.55. The van der Waals surface area contributed by atoms with Gasteiger partial charge in [0.05, 0.1) is 0 Å². The summed E-state index contributed by atoms with van der Waals surface area (Å²) >= 11 is 6.86. The minimum atomic E-state index is 0.858. The zero-order valence-corrected chi connectivity index (χ0v) is 11.3. The van der Waals surface area contributed by atoms with E-state index in [1.807, 2.05) is 4.99 Å². The summed E-state index contributed by atoms with van der Waals surface area (Å²) in [6, 6.07) is 14.9. The predicted octanol–water partition coefficient (Wildman–Crippen LogP) is 4.97. The van der Waals surface area contributed by atoms with Gasteiger partial charge in [-0.2, -0.15) is 0 Å². The summed E-state index contributed by atoms with van der Waals surface area (Å²) in [5, 5.41) is 3.42. The molecule has 2 aromatic rings. The van der Waals surface area contributed by atoms with E-state index in [1.165, 1.54) is 21.9 Å². The lowest BCUT2D eigenvalue weighted by Crippen LogP contribution is -1.84. The van der Waals surface area contributed by atoms with Crippen molar-refractivity contribution in [3.63, 3.8) is 0 Å². The first kappa shape index (κ1) is 10.9. The van der Waals surface area contributed by atoms with Gasteiger partial charge in [0.25, 0.3) is 0 Å². The lowest BCUT2D eigenvalue weighted by atomic mass is 10.0. The van der Waals surface area contributed by atoms with Gasteiger partial charge >= 0.3 is 0 Å². The molecule has 0 aliphatic rings. The van der Waals surface area contributed by atoms with E-state index in [2.05, 4.69) is 74.3 Å². The number of halogens is 2. The fourth-order valence-electron chi connectivity index (χ4n) is 1.56. The van der Waals surface area contributed by atoms with E-state index in [0.717, 1.165) is 5.33 Å². The lowest BCUT2D eigenvalue weighted by Gasteiger charge is -2.04. The van der Waals surface area contributed by atoms with Gasteiger partial charge in [-0.1, -0.05) is 68.3 Å². The Morgan fingerprint density at radius 2 is 1.80 bits per heavy atom. The molecule has 0 saturated heterocycles. The first-order valence-electron chi connectivity index (χ1n) is 4.69. The average Bonchev–Trinajstić information content (AvgIpc) is 2.30. The van der Waals surface area contributed by atoms with Crippen LogP contribution in [-0.4, -0.2) is 5.33 Å². The van der Waals surface area contributed by atoms with Crippen molar-refractivity contribution >= 4 is 48.2 Å². The minimum absolute atomic E-state index is 0.858. The molecule has 0 unspecified atom stereocenters. The number of rotatable bonds is 2. The van der Waals surface area contributed by atoms with Crippen LogP contribution in [0.1, 0.15) is 5.56 Å². The van der Waals surface area contributed by atoms with Crippen molar-refractivity contribution in [3.8, 4) is 0 Å². The normalized spacial score (nSPS) is 12.0. The fourth-order valence-corrected chi connectivity index (χ4v) is 2.90. The van der Waals surface area contributed by atoms with Crippen molar-refractivity contribution in [2.45, 2.75) is 0 Å². The second-order valence-electron chi connectivity index (χ2n) is 3.33. The number of alkyl halides is 1.